The monoisotopic (exact) mass is 300 g/mol. The van der Waals surface area contributed by atoms with Crippen molar-refractivity contribution in [1.82, 2.24) is 0 Å². The van der Waals surface area contributed by atoms with E-state index in [1.165, 1.54) is 12.2 Å². The predicted octanol–water partition coefficient (Wildman–Crippen LogP) is 3.92. The Labute approximate surface area is 122 Å². The van der Waals surface area contributed by atoms with Crippen molar-refractivity contribution in [2.75, 3.05) is 0 Å². The summed E-state index contributed by atoms with van der Waals surface area (Å²) in [6.45, 7) is 3.45. The van der Waals surface area contributed by atoms with Gasteiger partial charge in [0.2, 0.25) is 0 Å². The van der Waals surface area contributed by atoms with Crippen molar-refractivity contribution in [2.24, 2.45) is 0 Å². The van der Waals surface area contributed by atoms with Gasteiger partial charge in [0.05, 0.1) is 16.1 Å². The zero-order chi connectivity index (χ0) is 14.4. The largest absolute Gasteiger partial charge is 0.463 e. The number of hydrogen-bond acceptors (Lipinski definition) is 3. The molecule has 1 aromatic carbocycles. The number of esters is 1. The van der Waals surface area contributed by atoms with Crippen molar-refractivity contribution in [2.45, 2.75) is 26.4 Å². The van der Waals surface area contributed by atoms with E-state index in [4.69, 9.17) is 27.9 Å². The lowest BCUT2D eigenvalue weighted by Crippen LogP contribution is -2.14. The molecule has 5 heteroatoms. The van der Waals surface area contributed by atoms with Crippen LogP contribution in [0, 0.1) is 0 Å². The van der Waals surface area contributed by atoms with E-state index < -0.39 is 5.97 Å². The first-order valence-electron chi connectivity index (χ1n) is 5.74. The Bertz CT molecular complexity index is 507. The highest BCUT2D eigenvalue weighted by molar-refractivity contribution is 6.42. The van der Waals surface area contributed by atoms with E-state index in [1.54, 1.807) is 32.0 Å². The zero-order valence-electron chi connectivity index (χ0n) is 10.7. The molecule has 0 saturated heterocycles. The molecule has 102 valence electrons. The van der Waals surface area contributed by atoms with Crippen LogP contribution < -0.4 is 0 Å². The van der Waals surface area contributed by atoms with Crippen molar-refractivity contribution in [3.05, 3.63) is 39.9 Å². The number of carbonyl (C=O) groups excluding carboxylic acids is 2. The smallest absolute Gasteiger partial charge is 0.313 e. The van der Waals surface area contributed by atoms with Gasteiger partial charge < -0.3 is 4.74 Å². The Hall–Kier alpha value is -1.32. The number of ketones is 1. The number of carbonyl (C=O) groups is 2. The van der Waals surface area contributed by atoms with Gasteiger partial charge in [-0.15, -0.1) is 0 Å². The number of hydrogen-bond donors (Lipinski definition) is 0. The summed E-state index contributed by atoms with van der Waals surface area (Å²) in [5, 5.41) is 0.786. The summed E-state index contributed by atoms with van der Waals surface area (Å²) >= 11 is 11.8. The molecule has 0 aliphatic heterocycles. The molecule has 0 saturated carbocycles. The fraction of sp³-hybridized carbons (Fsp3) is 0.286. The van der Waals surface area contributed by atoms with E-state index in [1.807, 2.05) is 0 Å². The highest BCUT2D eigenvalue weighted by atomic mass is 35.5. The van der Waals surface area contributed by atoms with E-state index in [9.17, 15) is 9.59 Å². The topological polar surface area (TPSA) is 43.4 Å². The highest BCUT2D eigenvalue weighted by Crippen LogP contribution is 2.26. The third-order valence-corrected chi connectivity index (χ3v) is 2.95. The Balaban J connectivity index is 2.64. The van der Waals surface area contributed by atoms with Crippen LogP contribution in [-0.2, 0) is 14.3 Å². The maximum Gasteiger partial charge on any atom is 0.313 e. The lowest BCUT2D eigenvalue weighted by atomic mass is 10.1. The Morgan fingerprint density at radius 2 is 2.00 bits per heavy atom. The fourth-order valence-electron chi connectivity index (χ4n) is 1.34. The Morgan fingerprint density at radius 1 is 1.32 bits per heavy atom. The molecule has 1 aromatic rings. The van der Waals surface area contributed by atoms with Gasteiger partial charge >= 0.3 is 5.97 Å². The molecule has 0 aromatic heterocycles. The molecule has 19 heavy (non-hydrogen) atoms. The highest BCUT2D eigenvalue weighted by Gasteiger charge is 2.10. The number of ether oxygens (including phenoxy) is 1. The second-order valence-corrected chi connectivity index (χ2v) is 4.94. The van der Waals surface area contributed by atoms with E-state index in [0.29, 0.717) is 15.6 Å². The van der Waals surface area contributed by atoms with Crippen LogP contribution in [0.15, 0.2) is 24.3 Å². The summed E-state index contributed by atoms with van der Waals surface area (Å²) in [7, 11) is 0. The molecule has 0 atom stereocenters. The SMILES string of the molecule is CC(C)OC(=O)CC(=O)C=Cc1cccc(Cl)c1Cl. The van der Waals surface area contributed by atoms with Crippen LogP contribution in [0.1, 0.15) is 25.8 Å². The maximum absolute atomic E-state index is 11.5. The van der Waals surface area contributed by atoms with Crippen molar-refractivity contribution in [3.8, 4) is 0 Å². The van der Waals surface area contributed by atoms with Crippen LogP contribution >= 0.6 is 23.2 Å². The summed E-state index contributed by atoms with van der Waals surface area (Å²) < 4.78 is 4.87. The first kappa shape index (κ1) is 15.7. The zero-order valence-corrected chi connectivity index (χ0v) is 12.2. The van der Waals surface area contributed by atoms with Gasteiger partial charge in [0, 0.05) is 0 Å². The van der Waals surface area contributed by atoms with Crippen molar-refractivity contribution in [3.63, 3.8) is 0 Å². The molecule has 0 amide bonds. The molecule has 3 nitrogen and oxygen atoms in total. The van der Waals surface area contributed by atoms with Gasteiger partial charge in [-0.25, -0.2) is 0 Å². The van der Waals surface area contributed by atoms with Crippen LogP contribution in [0.4, 0.5) is 0 Å². The standard InChI is InChI=1S/C14H14Cl2O3/c1-9(2)19-13(18)8-11(17)7-6-10-4-3-5-12(15)14(10)16/h3-7,9H,8H2,1-2H3. The molecule has 0 fully saturated rings. The normalized spacial score (nSPS) is 11.0. The fourth-order valence-corrected chi connectivity index (χ4v) is 1.71. The van der Waals surface area contributed by atoms with Crippen LogP contribution in [0.3, 0.4) is 0 Å². The average molecular weight is 301 g/mol. The molecule has 0 N–H and O–H groups in total. The maximum atomic E-state index is 11.5. The second-order valence-electron chi connectivity index (χ2n) is 4.16. The molecular formula is C14H14Cl2O3. The molecule has 0 heterocycles. The van der Waals surface area contributed by atoms with Gasteiger partial charge in [0.1, 0.15) is 6.42 Å². The molecular weight excluding hydrogens is 287 g/mol. The number of halogens is 2. The summed E-state index contributed by atoms with van der Waals surface area (Å²) in [6.07, 6.45) is 2.30. The van der Waals surface area contributed by atoms with Crippen molar-refractivity contribution >= 4 is 41.0 Å². The van der Waals surface area contributed by atoms with Crippen LogP contribution in [0.25, 0.3) is 6.08 Å². The summed E-state index contributed by atoms with van der Waals surface area (Å²) in [4.78, 5) is 22.8. The first-order valence-corrected chi connectivity index (χ1v) is 6.50. The van der Waals surface area contributed by atoms with E-state index >= 15 is 0 Å². The minimum absolute atomic E-state index is 0.230. The second kappa shape index (κ2) is 7.31. The van der Waals surface area contributed by atoms with Crippen molar-refractivity contribution < 1.29 is 14.3 Å². The van der Waals surface area contributed by atoms with Gasteiger partial charge in [-0.05, 0) is 37.6 Å². The average Bonchev–Trinajstić information content (AvgIpc) is 2.30. The number of allylic oxidation sites excluding steroid dienone is 1. The molecule has 0 spiro atoms. The lowest BCUT2D eigenvalue weighted by Gasteiger charge is -2.05. The lowest BCUT2D eigenvalue weighted by molar-refractivity contribution is -0.148. The Morgan fingerprint density at radius 3 is 2.63 bits per heavy atom. The van der Waals surface area contributed by atoms with Crippen LogP contribution in [0.2, 0.25) is 10.0 Å². The minimum atomic E-state index is -0.540. The predicted molar refractivity (Wildman–Crippen MR) is 76.3 cm³/mol. The third-order valence-electron chi connectivity index (χ3n) is 2.12. The van der Waals surface area contributed by atoms with Gasteiger partial charge in [0.15, 0.2) is 5.78 Å². The summed E-state index contributed by atoms with van der Waals surface area (Å²) in [5.74, 6) is -0.886. The van der Waals surface area contributed by atoms with Gasteiger partial charge in [-0.3, -0.25) is 9.59 Å². The number of rotatable bonds is 5. The van der Waals surface area contributed by atoms with E-state index in [-0.39, 0.29) is 18.3 Å². The first-order chi connectivity index (χ1) is 8.90. The van der Waals surface area contributed by atoms with Gasteiger partial charge in [-0.1, -0.05) is 35.3 Å². The molecule has 0 bridgehead atoms. The van der Waals surface area contributed by atoms with Crippen LogP contribution in [-0.4, -0.2) is 17.9 Å². The minimum Gasteiger partial charge on any atom is -0.463 e. The number of benzene rings is 1. The summed E-state index contributed by atoms with van der Waals surface area (Å²) in [6, 6.07) is 5.11. The van der Waals surface area contributed by atoms with Crippen LogP contribution in [0.5, 0.6) is 0 Å². The van der Waals surface area contributed by atoms with Gasteiger partial charge in [0.25, 0.3) is 0 Å². The summed E-state index contributed by atoms with van der Waals surface area (Å²) in [5.41, 5.74) is 0.625. The molecule has 0 aliphatic carbocycles. The van der Waals surface area contributed by atoms with E-state index in [0.717, 1.165) is 0 Å². The molecule has 1 rings (SSSR count). The third kappa shape index (κ3) is 5.45. The van der Waals surface area contributed by atoms with Crippen molar-refractivity contribution in [1.29, 1.82) is 0 Å². The van der Waals surface area contributed by atoms with Gasteiger partial charge in [-0.2, -0.15) is 0 Å². The van der Waals surface area contributed by atoms with E-state index in [2.05, 4.69) is 0 Å². The molecule has 0 aliphatic rings. The molecule has 0 radical (unpaired) electrons. The molecule has 0 unspecified atom stereocenters. The quantitative estimate of drug-likeness (QED) is 0.470. The Kier molecular flexibility index (Phi) is 6.06.